The molecule has 1 heterocycles. The van der Waals surface area contributed by atoms with Crippen molar-refractivity contribution in [2.45, 2.75) is 33.2 Å². The molecule has 0 fully saturated rings. The summed E-state index contributed by atoms with van der Waals surface area (Å²) in [5.41, 5.74) is 2.69. The van der Waals surface area contributed by atoms with Crippen LogP contribution in [0.5, 0.6) is 0 Å². The number of rotatable bonds is 5. The second-order valence-corrected chi connectivity index (χ2v) is 5.76. The van der Waals surface area contributed by atoms with Crippen LogP contribution < -0.4 is 5.32 Å². The average Bonchev–Trinajstić information content (AvgIpc) is 2.74. The Balaban J connectivity index is 2.23. The van der Waals surface area contributed by atoms with Gasteiger partial charge < -0.3 is 5.32 Å². The third-order valence-corrected chi connectivity index (χ3v) is 3.88. The predicted molar refractivity (Wildman–Crippen MR) is 78.1 cm³/mol. The predicted octanol–water partition coefficient (Wildman–Crippen LogP) is 3.79. The summed E-state index contributed by atoms with van der Waals surface area (Å²) in [5.74, 6) is -0.141. The maximum absolute atomic E-state index is 14.1. The highest BCUT2D eigenvalue weighted by atomic mass is 32.1. The van der Waals surface area contributed by atoms with Crippen LogP contribution in [0.2, 0.25) is 0 Å². The Hall–Kier alpha value is -1.26. The number of thiazole rings is 1. The topological polar surface area (TPSA) is 24.9 Å². The lowest BCUT2D eigenvalue weighted by molar-refractivity contribution is 0.506. The second-order valence-electron chi connectivity index (χ2n) is 4.70. The molecular formula is C15H19FN2S. The molecule has 0 saturated heterocycles. The standard InChI is InChI=1S/C15H19FN2S/c1-4-17-15(8-12-9-19-11(3)18-12)13-6-5-10(2)7-14(13)16/h5-7,9,15,17H,4,8H2,1-3H3. The average molecular weight is 278 g/mol. The van der Waals surface area contributed by atoms with Crippen LogP contribution in [0.25, 0.3) is 0 Å². The van der Waals surface area contributed by atoms with Crippen LogP contribution in [-0.4, -0.2) is 11.5 Å². The Morgan fingerprint density at radius 1 is 1.37 bits per heavy atom. The summed E-state index contributed by atoms with van der Waals surface area (Å²) in [4.78, 5) is 4.46. The summed E-state index contributed by atoms with van der Waals surface area (Å²) in [6.45, 7) is 6.73. The molecule has 0 aliphatic rings. The number of benzene rings is 1. The molecule has 0 aliphatic carbocycles. The van der Waals surface area contributed by atoms with E-state index in [-0.39, 0.29) is 11.9 Å². The zero-order valence-electron chi connectivity index (χ0n) is 11.5. The molecule has 0 radical (unpaired) electrons. The summed E-state index contributed by atoms with van der Waals surface area (Å²) in [5, 5.41) is 6.44. The van der Waals surface area contributed by atoms with Crippen molar-refractivity contribution in [1.82, 2.24) is 10.3 Å². The molecule has 1 aromatic carbocycles. The monoisotopic (exact) mass is 278 g/mol. The fourth-order valence-corrected chi connectivity index (χ4v) is 2.79. The molecule has 4 heteroatoms. The lowest BCUT2D eigenvalue weighted by Gasteiger charge is -2.18. The van der Waals surface area contributed by atoms with E-state index in [4.69, 9.17) is 0 Å². The quantitative estimate of drug-likeness (QED) is 0.900. The normalized spacial score (nSPS) is 12.6. The molecule has 1 aromatic heterocycles. The third-order valence-electron chi connectivity index (χ3n) is 3.06. The van der Waals surface area contributed by atoms with E-state index in [0.29, 0.717) is 0 Å². The van der Waals surface area contributed by atoms with E-state index in [2.05, 4.69) is 10.3 Å². The first-order valence-electron chi connectivity index (χ1n) is 6.50. The van der Waals surface area contributed by atoms with E-state index in [0.717, 1.165) is 34.8 Å². The molecule has 0 bridgehead atoms. The zero-order valence-corrected chi connectivity index (χ0v) is 12.4. The Morgan fingerprint density at radius 3 is 2.74 bits per heavy atom. The lowest BCUT2D eigenvalue weighted by atomic mass is 10.0. The summed E-state index contributed by atoms with van der Waals surface area (Å²) >= 11 is 1.63. The minimum absolute atomic E-state index is 0.0212. The molecule has 2 aromatic rings. The number of aromatic nitrogens is 1. The van der Waals surface area contributed by atoms with Gasteiger partial charge in [0.25, 0.3) is 0 Å². The molecule has 1 N–H and O–H groups in total. The first-order chi connectivity index (χ1) is 9.10. The van der Waals surface area contributed by atoms with Crippen LogP contribution in [0.4, 0.5) is 4.39 Å². The number of likely N-dealkylation sites (N-methyl/N-ethyl adjacent to an activating group) is 1. The van der Waals surface area contributed by atoms with Crippen molar-refractivity contribution in [3.05, 3.63) is 51.2 Å². The van der Waals surface area contributed by atoms with Gasteiger partial charge in [0.05, 0.1) is 10.7 Å². The van der Waals surface area contributed by atoms with Crippen molar-refractivity contribution in [2.75, 3.05) is 6.54 Å². The molecule has 1 atom stereocenters. The first-order valence-corrected chi connectivity index (χ1v) is 7.38. The van der Waals surface area contributed by atoms with Gasteiger partial charge in [-0.2, -0.15) is 0 Å². The van der Waals surface area contributed by atoms with Crippen LogP contribution in [0.15, 0.2) is 23.6 Å². The molecule has 0 amide bonds. The molecule has 2 nitrogen and oxygen atoms in total. The van der Waals surface area contributed by atoms with E-state index in [1.807, 2.05) is 38.3 Å². The highest BCUT2D eigenvalue weighted by Crippen LogP contribution is 2.23. The maximum Gasteiger partial charge on any atom is 0.128 e. The molecule has 0 spiro atoms. The SMILES string of the molecule is CCNC(Cc1csc(C)n1)c1ccc(C)cc1F. The van der Waals surface area contributed by atoms with Gasteiger partial charge in [-0.3, -0.25) is 0 Å². The van der Waals surface area contributed by atoms with Crippen molar-refractivity contribution in [3.8, 4) is 0 Å². The molecule has 0 saturated carbocycles. The molecule has 102 valence electrons. The summed E-state index contributed by atoms with van der Waals surface area (Å²) in [6, 6.07) is 5.39. The number of hydrogen-bond acceptors (Lipinski definition) is 3. The fourth-order valence-electron chi connectivity index (χ4n) is 2.16. The minimum atomic E-state index is -0.141. The van der Waals surface area contributed by atoms with Crippen molar-refractivity contribution >= 4 is 11.3 Å². The minimum Gasteiger partial charge on any atom is -0.310 e. The van der Waals surface area contributed by atoms with E-state index >= 15 is 0 Å². The second kappa shape index (κ2) is 6.26. The van der Waals surface area contributed by atoms with Crippen molar-refractivity contribution < 1.29 is 4.39 Å². The van der Waals surface area contributed by atoms with Gasteiger partial charge in [-0.15, -0.1) is 11.3 Å². The highest BCUT2D eigenvalue weighted by Gasteiger charge is 2.16. The summed E-state index contributed by atoms with van der Waals surface area (Å²) < 4.78 is 14.1. The largest absolute Gasteiger partial charge is 0.310 e. The highest BCUT2D eigenvalue weighted by molar-refractivity contribution is 7.09. The van der Waals surface area contributed by atoms with Gasteiger partial charge in [-0.05, 0) is 32.0 Å². The van der Waals surface area contributed by atoms with Crippen LogP contribution >= 0.6 is 11.3 Å². The van der Waals surface area contributed by atoms with E-state index in [1.54, 1.807) is 17.4 Å². The Labute approximate surface area is 117 Å². The molecular weight excluding hydrogens is 259 g/mol. The number of nitrogens with zero attached hydrogens (tertiary/aromatic N) is 1. The summed E-state index contributed by atoms with van der Waals surface area (Å²) in [7, 11) is 0. The van der Waals surface area contributed by atoms with Crippen LogP contribution in [-0.2, 0) is 6.42 Å². The van der Waals surface area contributed by atoms with Gasteiger partial charge in [0.1, 0.15) is 5.82 Å². The van der Waals surface area contributed by atoms with Gasteiger partial charge in [0.2, 0.25) is 0 Å². The third kappa shape index (κ3) is 3.61. The van der Waals surface area contributed by atoms with E-state index < -0.39 is 0 Å². The lowest BCUT2D eigenvalue weighted by Crippen LogP contribution is -2.24. The summed E-state index contributed by atoms with van der Waals surface area (Å²) in [6.07, 6.45) is 0.720. The number of aryl methyl sites for hydroxylation is 2. The first kappa shape index (κ1) is 14.2. The van der Waals surface area contributed by atoms with Crippen LogP contribution in [0.1, 0.15) is 34.8 Å². The van der Waals surface area contributed by atoms with Crippen molar-refractivity contribution in [2.24, 2.45) is 0 Å². The Kier molecular flexibility index (Phi) is 4.66. The molecule has 2 rings (SSSR count). The van der Waals surface area contributed by atoms with Crippen LogP contribution in [0, 0.1) is 19.7 Å². The fraction of sp³-hybridized carbons (Fsp3) is 0.400. The zero-order chi connectivity index (χ0) is 13.8. The Morgan fingerprint density at radius 2 is 2.16 bits per heavy atom. The van der Waals surface area contributed by atoms with Crippen molar-refractivity contribution in [1.29, 1.82) is 0 Å². The maximum atomic E-state index is 14.1. The van der Waals surface area contributed by atoms with Gasteiger partial charge in [0, 0.05) is 23.4 Å². The van der Waals surface area contributed by atoms with Gasteiger partial charge >= 0.3 is 0 Å². The van der Waals surface area contributed by atoms with Gasteiger partial charge in [-0.1, -0.05) is 19.1 Å². The Bertz CT molecular complexity index is 551. The molecule has 1 unspecified atom stereocenters. The van der Waals surface area contributed by atoms with Crippen molar-refractivity contribution in [3.63, 3.8) is 0 Å². The number of hydrogen-bond donors (Lipinski definition) is 1. The molecule has 0 aliphatic heterocycles. The number of halogens is 1. The van der Waals surface area contributed by atoms with E-state index in [1.165, 1.54) is 0 Å². The van der Waals surface area contributed by atoms with Gasteiger partial charge in [0.15, 0.2) is 0 Å². The van der Waals surface area contributed by atoms with Gasteiger partial charge in [-0.25, -0.2) is 9.37 Å². The van der Waals surface area contributed by atoms with E-state index in [9.17, 15) is 4.39 Å². The smallest absolute Gasteiger partial charge is 0.128 e. The number of nitrogens with one attached hydrogen (secondary N) is 1. The molecule has 19 heavy (non-hydrogen) atoms. The van der Waals surface area contributed by atoms with Crippen LogP contribution in [0.3, 0.4) is 0 Å².